The van der Waals surface area contributed by atoms with Crippen LogP contribution in [-0.2, 0) is 0 Å². The smallest absolute Gasteiger partial charge is 0.350 e. The summed E-state index contributed by atoms with van der Waals surface area (Å²) in [6.45, 7) is 7.67. The Hall–Kier alpha value is -2.11. The van der Waals surface area contributed by atoms with Crippen LogP contribution < -0.4 is 10.2 Å². The summed E-state index contributed by atoms with van der Waals surface area (Å²) in [6, 6.07) is 1.66. The van der Waals surface area contributed by atoms with Gasteiger partial charge in [-0.3, -0.25) is 0 Å². The van der Waals surface area contributed by atoms with Crippen molar-refractivity contribution in [2.45, 2.75) is 19.9 Å². The third-order valence-corrected chi connectivity index (χ3v) is 3.13. The SMILES string of the molecule is C=C(C)c1nn(-c2ccc3c(c2)OC(F)(F)[B]3)cc1C. The van der Waals surface area contributed by atoms with Crippen molar-refractivity contribution in [2.75, 3.05) is 0 Å². The Kier molecular flexibility index (Phi) is 2.71. The molecule has 0 N–H and O–H groups in total. The average Bonchev–Trinajstić information content (AvgIpc) is 2.86. The molecule has 3 nitrogen and oxygen atoms in total. The van der Waals surface area contributed by atoms with Crippen molar-refractivity contribution in [3.05, 3.63) is 42.2 Å². The van der Waals surface area contributed by atoms with Gasteiger partial charge in [0.05, 0.1) is 11.4 Å². The first-order chi connectivity index (χ1) is 9.35. The summed E-state index contributed by atoms with van der Waals surface area (Å²) in [4.78, 5) is 0. The molecule has 0 bridgehead atoms. The van der Waals surface area contributed by atoms with Gasteiger partial charge in [0.15, 0.2) is 0 Å². The van der Waals surface area contributed by atoms with Crippen LogP contribution >= 0.6 is 0 Å². The van der Waals surface area contributed by atoms with Gasteiger partial charge < -0.3 is 4.74 Å². The summed E-state index contributed by atoms with van der Waals surface area (Å²) in [5.74, 6) is 0.164. The van der Waals surface area contributed by atoms with Crippen molar-refractivity contribution in [2.24, 2.45) is 0 Å². The van der Waals surface area contributed by atoms with Crippen molar-refractivity contribution in [3.63, 3.8) is 0 Å². The Morgan fingerprint density at radius 1 is 1.45 bits per heavy atom. The maximum atomic E-state index is 13.1. The van der Waals surface area contributed by atoms with E-state index in [-0.39, 0.29) is 5.75 Å². The molecule has 0 atom stereocenters. The summed E-state index contributed by atoms with van der Waals surface area (Å²) < 4.78 is 32.5. The third kappa shape index (κ3) is 2.11. The predicted molar refractivity (Wildman–Crippen MR) is 74.0 cm³/mol. The predicted octanol–water partition coefficient (Wildman–Crippen LogP) is 2.49. The van der Waals surface area contributed by atoms with Crippen molar-refractivity contribution >= 4 is 18.3 Å². The van der Waals surface area contributed by atoms with Gasteiger partial charge in [0.2, 0.25) is 0 Å². The van der Waals surface area contributed by atoms with Gasteiger partial charge in [-0.1, -0.05) is 12.6 Å². The van der Waals surface area contributed by atoms with Crippen LogP contribution in [-0.4, -0.2) is 23.1 Å². The number of rotatable bonds is 2. The van der Waals surface area contributed by atoms with Crippen molar-refractivity contribution in [3.8, 4) is 11.4 Å². The highest BCUT2D eigenvalue weighted by atomic mass is 19.3. The minimum Gasteiger partial charge on any atom is -0.441 e. The first-order valence-corrected chi connectivity index (χ1v) is 6.15. The van der Waals surface area contributed by atoms with E-state index in [9.17, 15) is 8.78 Å². The number of benzene rings is 1. The third-order valence-electron chi connectivity index (χ3n) is 3.13. The van der Waals surface area contributed by atoms with E-state index < -0.39 is 6.01 Å². The van der Waals surface area contributed by atoms with Gasteiger partial charge in [-0.15, -0.1) is 0 Å². The topological polar surface area (TPSA) is 27.1 Å². The quantitative estimate of drug-likeness (QED) is 0.786. The molecule has 2 heterocycles. The van der Waals surface area contributed by atoms with Gasteiger partial charge in [0.25, 0.3) is 0 Å². The highest BCUT2D eigenvalue weighted by Crippen LogP contribution is 2.28. The fourth-order valence-corrected chi connectivity index (χ4v) is 2.24. The molecule has 0 fully saturated rings. The van der Waals surface area contributed by atoms with Crippen LogP contribution in [0.15, 0.2) is 31.0 Å². The molecule has 2 aromatic rings. The number of aromatic nitrogens is 2. The van der Waals surface area contributed by atoms with E-state index in [1.165, 1.54) is 0 Å². The van der Waals surface area contributed by atoms with Gasteiger partial charge in [-0.05, 0) is 36.5 Å². The van der Waals surface area contributed by atoms with Crippen LogP contribution in [0.1, 0.15) is 18.2 Å². The minimum absolute atomic E-state index is 0.164. The van der Waals surface area contributed by atoms with Crippen LogP contribution in [0.4, 0.5) is 8.78 Å². The van der Waals surface area contributed by atoms with Crippen LogP contribution in [0.3, 0.4) is 0 Å². The van der Waals surface area contributed by atoms with Gasteiger partial charge in [0, 0.05) is 12.3 Å². The van der Waals surface area contributed by atoms with E-state index in [2.05, 4.69) is 16.4 Å². The Labute approximate surface area is 116 Å². The number of ether oxygens (including phenoxy) is 1. The van der Waals surface area contributed by atoms with Crippen LogP contribution in [0.5, 0.6) is 5.75 Å². The molecule has 6 heteroatoms. The molecule has 0 spiro atoms. The van der Waals surface area contributed by atoms with Gasteiger partial charge in [0.1, 0.15) is 5.75 Å². The first-order valence-electron chi connectivity index (χ1n) is 6.15. The zero-order valence-corrected chi connectivity index (χ0v) is 11.2. The fraction of sp³-hybridized carbons (Fsp3) is 0.214. The molecular weight excluding hydrogens is 261 g/mol. The fourth-order valence-electron chi connectivity index (χ4n) is 2.24. The maximum Gasteiger partial charge on any atom is 0.350 e. The van der Waals surface area contributed by atoms with Gasteiger partial charge in [-0.2, -0.15) is 13.9 Å². The second kappa shape index (κ2) is 4.20. The summed E-state index contributed by atoms with van der Waals surface area (Å²) in [5, 5.41) is 4.41. The molecule has 1 aliphatic rings. The molecule has 20 heavy (non-hydrogen) atoms. The molecule has 1 aromatic carbocycles. The largest absolute Gasteiger partial charge is 0.441 e. The molecule has 0 amide bonds. The second-order valence-electron chi connectivity index (χ2n) is 4.92. The molecular formula is C14H12BF2N2O. The lowest BCUT2D eigenvalue weighted by Crippen LogP contribution is -2.30. The van der Waals surface area contributed by atoms with Crippen LogP contribution in [0.2, 0.25) is 0 Å². The highest BCUT2D eigenvalue weighted by molar-refractivity contribution is 6.58. The molecule has 0 unspecified atom stereocenters. The number of aryl methyl sites for hydroxylation is 1. The molecule has 1 radical (unpaired) electrons. The minimum atomic E-state index is -3.23. The lowest BCUT2D eigenvalue weighted by molar-refractivity contribution is -0.0930. The molecule has 0 saturated heterocycles. The van der Waals surface area contributed by atoms with E-state index >= 15 is 0 Å². The zero-order valence-electron chi connectivity index (χ0n) is 11.2. The Balaban J connectivity index is 2.01. The van der Waals surface area contributed by atoms with Gasteiger partial charge >= 0.3 is 13.3 Å². The van der Waals surface area contributed by atoms with E-state index in [1.807, 2.05) is 20.0 Å². The lowest BCUT2D eigenvalue weighted by atomic mass is 9.70. The van der Waals surface area contributed by atoms with E-state index in [0.717, 1.165) is 24.1 Å². The van der Waals surface area contributed by atoms with Crippen LogP contribution in [0.25, 0.3) is 11.3 Å². The van der Waals surface area contributed by atoms with Crippen molar-refractivity contribution in [1.29, 1.82) is 0 Å². The Bertz CT molecular complexity index is 709. The standard InChI is InChI=1S/C14H12BF2N2O/c1-8(2)13-9(3)7-19(18-13)10-4-5-11-12(6-10)20-14(16,17)15-11/h4-7H,1H2,2-3H3. The number of halogens is 2. The first kappa shape index (κ1) is 12.9. The van der Waals surface area contributed by atoms with E-state index in [0.29, 0.717) is 11.2 Å². The maximum absolute atomic E-state index is 13.1. The Morgan fingerprint density at radius 2 is 2.20 bits per heavy atom. The van der Waals surface area contributed by atoms with Crippen molar-refractivity contribution in [1.82, 2.24) is 9.78 Å². The number of alkyl halides is 2. The summed E-state index contributed by atoms with van der Waals surface area (Å²) in [6.07, 6.45) is 1.84. The number of fused-ring (bicyclic) bond motifs is 1. The number of allylic oxidation sites excluding steroid dienone is 1. The van der Waals surface area contributed by atoms with E-state index in [1.54, 1.807) is 22.9 Å². The Morgan fingerprint density at radius 3 is 2.85 bits per heavy atom. The van der Waals surface area contributed by atoms with Gasteiger partial charge in [-0.25, -0.2) is 4.68 Å². The summed E-state index contributed by atoms with van der Waals surface area (Å²) >= 11 is 0. The second-order valence-corrected chi connectivity index (χ2v) is 4.92. The zero-order chi connectivity index (χ0) is 14.5. The molecule has 0 saturated carbocycles. The van der Waals surface area contributed by atoms with E-state index in [4.69, 9.17) is 0 Å². The molecule has 0 aliphatic carbocycles. The van der Waals surface area contributed by atoms with Crippen LogP contribution in [0, 0.1) is 6.92 Å². The monoisotopic (exact) mass is 273 g/mol. The summed E-state index contributed by atoms with van der Waals surface area (Å²) in [5.41, 5.74) is 3.71. The van der Waals surface area contributed by atoms with Crippen molar-refractivity contribution < 1.29 is 13.5 Å². The highest BCUT2D eigenvalue weighted by Gasteiger charge is 2.41. The number of hydrogen-bond acceptors (Lipinski definition) is 2. The number of nitrogens with zero attached hydrogens (tertiary/aromatic N) is 2. The summed E-state index contributed by atoms with van der Waals surface area (Å²) in [7, 11) is 0.805. The molecule has 101 valence electrons. The molecule has 1 aliphatic heterocycles. The molecule has 3 rings (SSSR count). The average molecular weight is 273 g/mol. The lowest BCUT2D eigenvalue weighted by Gasteiger charge is -2.08. The molecule has 1 aromatic heterocycles. The number of hydrogen-bond donors (Lipinski definition) is 0. The normalized spacial score (nSPS) is 15.4.